The standard InChI is InChI=1S/C20H35NO5/c1-5-6-7-8-9-10-11-12-13-17(22)14-20(25)26-18(15-19(23)24)16-21(2,3)4/h9-12,17-18,22H,5-8,13-16H2,1-4H3/p+1/b10-9+,12-11+. The van der Waals surface area contributed by atoms with Crippen LogP contribution >= 0.6 is 0 Å². The van der Waals surface area contributed by atoms with Gasteiger partial charge in [0.05, 0.1) is 40.1 Å². The van der Waals surface area contributed by atoms with Crippen molar-refractivity contribution in [2.24, 2.45) is 0 Å². The number of nitrogens with zero attached hydrogens (tertiary/aromatic N) is 1. The first kappa shape index (κ1) is 24.3. The molecule has 26 heavy (non-hydrogen) atoms. The van der Waals surface area contributed by atoms with Gasteiger partial charge in [0.2, 0.25) is 0 Å². The summed E-state index contributed by atoms with van der Waals surface area (Å²) in [5.41, 5.74) is 0. The van der Waals surface area contributed by atoms with E-state index in [2.05, 4.69) is 13.0 Å². The Hall–Kier alpha value is -1.66. The third-order valence-electron chi connectivity index (χ3n) is 3.62. The first-order valence-corrected chi connectivity index (χ1v) is 9.35. The summed E-state index contributed by atoms with van der Waals surface area (Å²) in [4.78, 5) is 22.9. The van der Waals surface area contributed by atoms with Gasteiger partial charge in [0.15, 0.2) is 6.10 Å². The number of allylic oxidation sites excluding steroid dienone is 3. The van der Waals surface area contributed by atoms with Crippen molar-refractivity contribution in [3.05, 3.63) is 24.3 Å². The topological polar surface area (TPSA) is 83.8 Å². The number of hydrogen-bond donors (Lipinski definition) is 2. The molecule has 6 heteroatoms. The number of likely N-dealkylation sites (N-methyl/N-ethyl adjacent to an activating group) is 1. The van der Waals surface area contributed by atoms with Crippen molar-refractivity contribution in [1.82, 2.24) is 0 Å². The number of aliphatic hydroxyl groups is 1. The van der Waals surface area contributed by atoms with Crippen LogP contribution in [-0.2, 0) is 14.3 Å². The van der Waals surface area contributed by atoms with E-state index in [4.69, 9.17) is 9.84 Å². The van der Waals surface area contributed by atoms with Crippen LogP contribution in [0.1, 0.15) is 51.9 Å². The van der Waals surface area contributed by atoms with Gasteiger partial charge in [-0.2, -0.15) is 0 Å². The molecule has 0 bridgehead atoms. The van der Waals surface area contributed by atoms with Gasteiger partial charge in [-0.15, -0.1) is 0 Å². The summed E-state index contributed by atoms with van der Waals surface area (Å²) >= 11 is 0. The van der Waals surface area contributed by atoms with Gasteiger partial charge in [0, 0.05) is 0 Å². The zero-order valence-electron chi connectivity index (χ0n) is 16.7. The third kappa shape index (κ3) is 15.8. The van der Waals surface area contributed by atoms with Crippen LogP contribution in [0, 0.1) is 0 Å². The molecule has 2 atom stereocenters. The molecule has 0 rings (SSSR count). The highest BCUT2D eigenvalue weighted by molar-refractivity contribution is 5.72. The molecule has 2 unspecified atom stereocenters. The molecule has 0 radical (unpaired) electrons. The van der Waals surface area contributed by atoms with Crippen LogP contribution in [0.4, 0.5) is 0 Å². The van der Waals surface area contributed by atoms with Crippen molar-refractivity contribution in [1.29, 1.82) is 0 Å². The van der Waals surface area contributed by atoms with Gasteiger partial charge in [0.25, 0.3) is 0 Å². The third-order valence-corrected chi connectivity index (χ3v) is 3.62. The number of aliphatic hydroxyl groups excluding tert-OH is 1. The number of unbranched alkanes of at least 4 members (excludes halogenated alkanes) is 3. The van der Waals surface area contributed by atoms with Crippen molar-refractivity contribution in [3.8, 4) is 0 Å². The fourth-order valence-corrected chi connectivity index (χ4v) is 2.46. The Labute approximate surface area is 157 Å². The molecule has 0 amide bonds. The van der Waals surface area contributed by atoms with Gasteiger partial charge in [-0.3, -0.25) is 9.59 Å². The zero-order chi connectivity index (χ0) is 20.0. The molecule has 0 aromatic carbocycles. The second kappa shape index (κ2) is 13.5. The van der Waals surface area contributed by atoms with Crippen molar-refractivity contribution < 1.29 is 29.0 Å². The van der Waals surface area contributed by atoms with Gasteiger partial charge in [-0.05, 0) is 19.3 Å². The first-order valence-electron chi connectivity index (χ1n) is 9.35. The number of ether oxygens (including phenoxy) is 1. The second-order valence-electron chi connectivity index (χ2n) is 7.63. The van der Waals surface area contributed by atoms with E-state index in [0.717, 1.165) is 6.42 Å². The van der Waals surface area contributed by atoms with Crippen LogP contribution < -0.4 is 0 Å². The highest BCUT2D eigenvalue weighted by atomic mass is 16.5. The first-order chi connectivity index (χ1) is 12.1. The quantitative estimate of drug-likeness (QED) is 0.213. The molecule has 2 N–H and O–H groups in total. The van der Waals surface area contributed by atoms with Crippen LogP contribution in [0.15, 0.2) is 24.3 Å². The molecule has 0 aromatic heterocycles. The van der Waals surface area contributed by atoms with Crippen molar-refractivity contribution in [2.75, 3.05) is 27.7 Å². The summed E-state index contributed by atoms with van der Waals surface area (Å²) in [5, 5.41) is 18.9. The molecule has 0 aliphatic rings. The number of quaternary nitrogens is 1. The molecular formula is C20H36NO5+. The molecule has 150 valence electrons. The molecule has 0 aliphatic heterocycles. The Morgan fingerprint density at radius 3 is 2.31 bits per heavy atom. The molecule has 0 aromatic rings. The number of aliphatic carboxylic acids is 1. The number of carboxylic acids is 1. The van der Waals surface area contributed by atoms with Crippen LogP contribution in [0.3, 0.4) is 0 Å². The predicted octanol–water partition coefficient (Wildman–Crippen LogP) is 2.91. The van der Waals surface area contributed by atoms with E-state index in [1.54, 1.807) is 0 Å². The summed E-state index contributed by atoms with van der Waals surface area (Å²) in [6.07, 6.45) is 10.8. The highest BCUT2D eigenvalue weighted by Crippen LogP contribution is 2.09. The maximum absolute atomic E-state index is 11.9. The lowest BCUT2D eigenvalue weighted by Gasteiger charge is -2.28. The smallest absolute Gasteiger partial charge is 0.308 e. The van der Waals surface area contributed by atoms with Gasteiger partial charge < -0.3 is 19.4 Å². The van der Waals surface area contributed by atoms with E-state index >= 15 is 0 Å². The average Bonchev–Trinajstić information content (AvgIpc) is 2.47. The number of carbonyl (C=O) groups is 2. The Balaban J connectivity index is 4.23. The Kier molecular flexibility index (Phi) is 12.7. The molecule has 0 spiro atoms. The van der Waals surface area contributed by atoms with Crippen LogP contribution in [0.5, 0.6) is 0 Å². The van der Waals surface area contributed by atoms with E-state index in [-0.39, 0.29) is 12.8 Å². The van der Waals surface area contributed by atoms with Crippen molar-refractivity contribution >= 4 is 11.9 Å². The monoisotopic (exact) mass is 370 g/mol. The molecule has 0 aliphatic carbocycles. The van der Waals surface area contributed by atoms with E-state index in [1.165, 1.54) is 19.3 Å². The normalized spacial score (nSPS) is 14.7. The average molecular weight is 371 g/mol. The Morgan fingerprint density at radius 1 is 1.08 bits per heavy atom. The molecule has 0 fully saturated rings. The minimum Gasteiger partial charge on any atom is -0.481 e. The summed E-state index contributed by atoms with van der Waals surface area (Å²) < 4.78 is 5.74. The largest absolute Gasteiger partial charge is 0.481 e. The number of esters is 1. The maximum atomic E-state index is 11.9. The van der Waals surface area contributed by atoms with Crippen LogP contribution in [-0.4, -0.2) is 66.5 Å². The van der Waals surface area contributed by atoms with Crippen molar-refractivity contribution in [2.45, 2.75) is 64.1 Å². The number of hydrogen-bond acceptors (Lipinski definition) is 4. The second-order valence-corrected chi connectivity index (χ2v) is 7.63. The van der Waals surface area contributed by atoms with E-state index in [0.29, 0.717) is 17.4 Å². The zero-order valence-corrected chi connectivity index (χ0v) is 16.7. The fraction of sp³-hybridized carbons (Fsp3) is 0.700. The maximum Gasteiger partial charge on any atom is 0.308 e. The minimum absolute atomic E-state index is 0.141. The van der Waals surface area contributed by atoms with Crippen molar-refractivity contribution in [3.63, 3.8) is 0 Å². The Morgan fingerprint density at radius 2 is 1.73 bits per heavy atom. The fourth-order valence-electron chi connectivity index (χ4n) is 2.46. The Bertz CT molecular complexity index is 465. The molecule has 6 nitrogen and oxygen atoms in total. The lowest BCUT2D eigenvalue weighted by molar-refractivity contribution is -0.873. The summed E-state index contributed by atoms with van der Waals surface area (Å²) in [5.74, 6) is -1.58. The predicted molar refractivity (Wildman–Crippen MR) is 103 cm³/mol. The van der Waals surface area contributed by atoms with Gasteiger partial charge in [-0.1, -0.05) is 44.1 Å². The van der Waals surface area contributed by atoms with Gasteiger partial charge in [-0.25, -0.2) is 0 Å². The summed E-state index contributed by atoms with van der Waals surface area (Å²) in [6.45, 7) is 2.57. The van der Waals surface area contributed by atoms with E-state index < -0.39 is 24.1 Å². The molecular weight excluding hydrogens is 334 g/mol. The SMILES string of the molecule is CCCCC/C=C/C=C/CC(O)CC(=O)OC(CC(=O)O)C[N+](C)(C)C. The highest BCUT2D eigenvalue weighted by Gasteiger charge is 2.25. The lowest BCUT2D eigenvalue weighted by atomic mass is 10.1. The van der Waals surface area contributed by atoms with Gasteiger partial charge in [0.1, 0.15) is 6.54 Å². The number of rotatable bonds is 14. The van der Waals surface area contributed by atoms with E-state index in [1.807, 2.05) is 39.4 Å². The number of carbonyl (C=O) groups excluding carboxylic acids is 1. The van der Waals surface area contributed by atoms with E-state index in [9.17, 15) is 14.7 Å². The van der Waals surface area contributed by atoms with Crippen LogP contribution in [0.2, 0.25) is 0 Å². The minimum atomic E-state index is -1.01. The number of carboxylic acid groups (broad SMARTS) is 1. The molecule has 0 saturated carbocycles. The van der Waals surface area contributed by atoms with Crippen LogP contribution in [0.25, 0.3) is 0 Å². The molecule has 0 saturated heterocycles. The lowest BCUT2D eigenvalue weighted by Crippen LogP contribution is -2.44. The summed E-state index contributed by atoms with van der Waals surface area (Å²) in [6, 6.07) is 0. The van der Waals surface area contributed by atoms with Gasteiger partial charge >= 0.3 is 11.9 Å². The molecule has 0 heterocycles. The summed E-state index contributed by atoms with van der Waals surface area (Å²) in [7, 11) is 5.70.